The summed E-state index contributed by atoms with van der Waals surface area (Å²) in [5, 5.41) is 8.46. The van der Waals surface area contributed by atoms with Crippen LogP contribution in [0.4, 0.5) is 0 Å². The first-order chi connectivity index (χ1) is 13.4. The largest absolute Gasteiger partial charge is 0.461 e. The van der Waals surface area contributed by atoms with Gasteiger partial charge in [0, 0.05) is 12.7 Å². The number of esters is 1. The highest BCUT2D eigenvalue weighted by atomic mass is 16.5. The van der Waals surface area contributed by atoms with Gasteiger partial charge in [-0.15, -0.1) is 0 Å². The molecule has 28 heavy (non-hydrogen) atoms. The number of rotatable bonds is 4. The zero-order chi connectivity index (χ0) is 21.0. The predicted octanol–water partition coefficient (Wildman–Crippen LogP) is 1.29. The van der Waals surface area contributed by atoms with Gasteiger partial charge in [0.05, 0.1) is 29.2 Å². The highest BCUT2D eigenvalue weighted by Crippen LogP contribution is 2.35. The molecule has 2 aliphatic rings. The van der Waals surface area contributed by atoms with E-state index in [4.69, 9.17) is 9.84 Å². The summed E-state index contributed by atoms with van der Waals surface area (Å²) >= 11 is 0. The average Bonchev–Trinajstić information content (AvgIpc) is 3.04. The van der Waals surface area contributed by atoms with Gasteiger partial charge in [-0.1, -0.05) is 27.0 Å². The number of allylic oxidation sites excluding steroid dienone is 1. The minimum atomic E-state index is -0.314. The van der Waals surface area contributed by atoms with E-state index in [2.05, 4.69) is 25.1 Å². The second-order valence-electron chi connectivity index (χ2n) is 6.76. The fourth-order valence-electron chi connectivity index (χ4n) is 3.76. The molecule has 0 saturated heterocycles. The molecule has 1 aromatic rings. The van der Waals surface area contributed by atoms with Gasteiger partial charge in [0.2, 0.25) is 6.41 Å². The highest BCUT2D eigenvalue weighted by Gasteiger charge is 2.32. The van der Waals surface area contributed by atoms with Gasteiger partial charge >= 0.3 is 5.97 Å². The molecule has 0 fully saturated rings. The molecule has 0 spiro atoms. The van der Waals surface area contributed by atoms with Crippen molar-refractivity contribution in [2.75, 3.05) is 13.7 Å². The summed E-state index contributed by atoms with van der Waals surface area (Å²) < 4.78 is 5.24. The van der Waals surface area contributed by atoms with Crippen molar-refractivity contribution in [1.29, 1.82) is 0 Å². The molecule has 0 radical (unpaired) electrons. The smallest absolute Gasteiger partial charge is 0.313 e. The maximum atomic E-state index is 12.1. The molecule has 0 aliphatic carbocycles. The quantitative estimate of drug-likeness (QED) is 0.625. The number of carbonyl (C=O) groups excluding carboxylic acids is 2. The molecule has 0 saturated carbocycles. The van der Waals surface area contributed by atoms with E-state index in [-0.39, 0.29) is 18.5 Å². The Morgan fingerprint density at radius 2 is 2.00 bits per heavy atom. The van der Waals surface area contributed by atoms with E-state index in [1.165, 1.54) is 0 Å². The monoisotopic (exact) mass is 384 g/mol. The molecule has 0 aromatic carbocycles. The third-order valence-electron chi connectivity index (χ3n) is 5.25. The standard InChI is InChI=1S/C21H24N2O3.CH4O/c1-6-15-13(4)14(5)22-20-18(15)9-23(11-24)19(20)8-17-12(3)10-26-21(25)16(17)7-2;1-2/h8,11,16H,4-7,9-10H2,1-3H3;2H,1H3/b19-8-;. The van der Waals surface area contributed by atoms with Gasteiger partial charge in [-0.25, -0.2) is 4.98 Å². The van der Waals surface area contributed by atoms with Crippen LogP contribution in [-0.4, -0.2) is 41.1 Å². The summed E-state index contributed by atoms with van der Waals surface area (Å²) in [6.07, 6.45) is 4.20. The fraction of sp³-hybridized carbons (Fsp3) is 0.409. The molecule has 1 amide bonds. The molecule has 1 unspecified atom stereocenters. The lowest BCUT2D eigenvalue weighted by molar-refractivity contribution is -0.147. The SMILES string of the molecule is C=c1nc2c(c(CC)c1=C)CN(C=O)/C2=C\C1=C(C)COC(=O)C1CC.CO. The maximum absolute atomic E-state index is 12.1. The van der Waals surface area contributed by atoms with Crippen molar-refractivity contribution in [2.45, 2.75) is 40.2 Å². The van der Waals surface area contributed by atoms with E-state index in [1.54, 1.807) is 4.90 Å². The first kappa shape index (κ1) is 21.6. The summed E-state index contributed by atoms with van der Waals surface area (Å²) in [5.41, 5.74) is 5.52. The average molecular weight is 384 g/mol. The Bertz CT molecular complexity index is 946. The number of aromatic nitrogens is 1. The Morgan fingerprint density at radius 1 is 1.32 bits per heavy atom. The zero-order valence-corrected chi connectivity index (χ0v) is 17.0. The molecule has 2 aliphatic heterocycles. The lowest BCUT2D eigenvalue weighted by Gasteiger charge is -2.24. The number of aliphatic hydroxyl groups excluding tert-OH is 1. The lowest BCUT2D eigenvalue weighted by atomic mass is 9.89. The van der Waals surface area contributed by atoms with Gasteiger partial charge in [-0.05, 0) is 47.8 Å². The Labute approximate surface area is 165 Å². The molecule has 3 rings (SSSR count). The van der Waals surface area contributed by atoms with Crippen LogP contribution in [0.1, 0.15) is 44.0 Å². The van der Waals surface area contributed by atoms with E-state index < -0.39 is 0 Å². The molecular formula is C22H28N2O4. The Balaban J connectivity index is 0.00000136. The zero-order valence-electron chi connectivity index (χ0n) is 17.0. The number of ether oxygens (including phenoxy) is 1. The number of nitrogens with zero attached hydrogens (tertiary/aromatic N) is 2. The number of cyclic esters (lactones) is 1. The minimum Gasteiger partial charge on any atom is -0.461 e. The summed E-state index contributed by atoms with van der Waals surface area (Å²) in [6.45, 7) is 14.8. The molecule has 6 nitrogen and oxygen atoms in total. The van der Waals surface area contributed by atoms with Crippen molar-refractivity contribution in [2.24, 2.45) is 5.92 Å². The Morgan fingerprint density at radius 3 is 2.57 bits per heavy atom. The fourth-order valence-corrected chi connectivity index (χ4v) is 3.76. The third-order valence-corrected chi connectivity index (χ3v) is 5.25. The van der Waals surface area contributed by atoms with Crippen LogP contribution in [0, 0.1) is 5.92 Å². The number of amides is 1. The predicted molar refractivity (Wildman–Crippen MR) is 109 cm³/mol. The van der Waals surface area contributed by atoms with Gasteiger partial charge in [0.25, 0.3) is 0 Å². The molecular weight excluding hydrogens is 356 g/mol. The van der Waals surface area contributed by atoms with Crippen LogP contribution in [-0.2, 0) is 27.3 Å². The van der Waals surface area contributed by atoms with Gasteiger partial charge in [-0.2, -0.15) is 0 Å². The molecule has 150 valence electrons. The molecule has 3 heterocycles. The van der Waals surface area contributed by atoms with Crippen molar-refractivity contribution in [3.8, 4) is 0 Å². The first-order valence-corrected chi connectivity index (χ1v) is 9.37. The molecule has 1 atom stereocenters. The van der Waals surface area contributed by atoms with E-state index in [0.717, 1.165) is 58.8 Å². The van der Waals surface area contributed by atoms with E-state index in [9.17, 15) is 9.59 Å². The van der Waals surface area contributed by atoms with Crippen molar-refractivity contribution >= 4 is 31.2 Å². The van der Waals surface area contributed by atoms with Crippen LogP contribution in [0.15, 0.2) is 17.2 Å². The maximum Gasteiger partial charge on any atom is 0.313 e. The summed E-state index contributed by atoms with van der Waals surface area (Å²) in [4.78, 5) is 30.1. The van der Waals surface area contributed by atoms with Crippen LogP contribution < -0.4 is 10.6 Å². The van der Waals surface area contributed by atoms with E-state index >= 15 is 0 Å². The molecule has 6 heteroatoms. The van der Waals surface area contributed by atoms with Crippen LogP contribution >= 0.6 is 0 Å². The first-order valence-electron chi connectivity index (χ1n) is 9.37. The van der Waals surface area contributed by atoms with Crippen LogP contribution in [0.25, 0.3) is 18.9 Å². The van der Waals surface area contributed by atoms with Crippen molar-refractivity contribution < 1.29 is 19.4 Å². The summed E-state index contributed by atoms with van der Waals surface area (Å²) in [7, 11) is 1.00. The van der Waals surface area contributed by atoms with Crippen LogP contribution in [0.2, 0.25) is 0 Å². The van der Waals surface area contributed by atoms with Crippen molar-refractivity contribution in [3.63, 3.8) is 0 Å². The number of pyridine rings is 1. The number of hydrogen-bond acceptors (Lipinski definition) is 5. The number of carbonyl (C=O) groups is 2. The van der Waals surface area contributed by atoms with E-state index in [0.29, 0.717) is 18.3 Å². The second-order valence-corrected chi connectivity index (χ2v) is 6.76. The van der Waals surface area contributed by atoms with Gasteiger partial charge in [0.1, 0.15) is 6.61 Å². The number of fused-ring (bicyclic) bond motifs is 1. The van der Waals surface area contributed by atoms with Crippen LogP contribution in [0.5, 0.6) is 0 Å². The van der Waals surface area contributed by atoms with E-state index in [1.807, 2.05) is 19.9 Å². The van der Waals surface area contributed by atoms with Crippen LogP contribution in [0.3, 0.4) is 0 Å². The minimum absolute atomic E-state index is 0.214. The number of hydrogen-bond donors (Lipinski definition) is 1. The van der Waals surface area contributed by atoms with Gasteiger partial charge in [0.15, 0.2) is 0 Å². The molecule has 1 N–H and O–H groups in total. The second kappa shape index (κ2) is 8.97. The topological polar surface area (TPSA) is 79.7 Å². The Hall–Kier alpha value is -2.73. The number of aliphatic hydroxyl groups is 1. The normalized spacial score (nSPS) is 19.9. The summed E-state index contributed by atoms with van der Waals surface area (Å²) in [6, 6.07) is 0. The van der Waals surface area contributed by atoms with Gasteiger partial charge in [-0.3, -0.25) is 9.59 Å². The summed E-state index contributed by atoms with van der Waals surface area (Å²) in [5.74, 6) is -0.528. The van der Waals surface area contributed by atoms with Crippen molar-refractivity contribution in [3.05, 3.63) is 44.6 Å². The highest BCUT2D eigenvalue weighted by molar-refractivity contribution is 5.84. The van der Waals surface area contributed by atoms with Gasteiger partial charge < -0.3 is 14.7 Å². The molecule has 1 aromatic heterocycles. The van der Waals surface area contributed by atoms with Crippen molar-refractivity contribution in [1.82, 2.24) is 9.88 Å². The molecule has 0 bridgehead atoms. The lowest BCUT2D eigenvalue weighted by Crippen LogP contribution is -2.31. The third kappa shape index (κ3) is 3.64. The Kier molecular flexibility index (Phi) is 6.91.